The molecule has 2 N–H and O–H groups in total. The lowest BCUT2D eigenvalue weighted by Gasteiger charge is -2.26. The van der Waals surface area contributed by atoms with Crippen molar-refractivity contribution in [2.24, 2.45) is 5.92 Å². The predicted octanol–water partition coefficient (Wildman–Crippen LogP) is 2.67. The van der Waals surface area contributed by atoms with Gasteiger partial charge in [0.25, 0.3) is 5.56 Å². The van der Waals surface area contributed by atoms with E-state index >= 15 is 0 Å². The molecule has 1 aromatic carbocycles. The quantitative estimate of drug-likeness (QED) is 0.191. The Balaban J connectivity index is 1.86. The van der Waals surface area contributed by atoms with Gasteiger partial charge in [-0.3, -0.25) is 23.7 Å². The van der Waals surface area contributed by atoms with Crippen molar-refractivity contribution in [1.82, 2.24) is 9.55 Å². The Kier molecular flexibility index (Phi) is 9.63. The number of hydrogen-bond donors (Lipinski definition) is 2. The first-order valence-corrected chi connectivity index (χ1v) is 14.0. The molecule has 206 valence electrons. The van der Waals surface area contributed by atoms with Gasteiger partial charge >= 0.3 is 19.3 Å². The normalized spacial score (nSPS) is 25.2. The monoisotopic (exact) mass is 568 g/mol. The summed E-state index contributed by atoms with van der Waals surface area (Å²) in [5.41, 5.74) is -1.45. The van der Waals surface area contributed by atoms with Gasteiger partial charge in [0.15, 0.2) is 11.1 Å². The van der Waals surface area contributed by atoms with Gasteiger partial charge in [0.1, 0.15) is 18.0 Å². The van der Waals surface area contributed by atoms with Crippen LogP contribution in [-0.2, 0) is 23.4 Å². The van der Waals surface area contributed by atoms with E-state index in [1.165, 1.54) is 20.0 Å². The molecule has 1 aliphatic heterocycles. The Labute approximate surface area is 224 Å². The van der Waals surface area contributed by atoms with E-state index in [0.717, 1.165) is 10.6 Å². The summed E-state index contributed by atoms with van der Waals surface area (Å²) in [6.07, 6.45) is -3.55. The van der Waals surface area contributed by atoms with Crippen LogP contribution in [0.1, 0.15) is 33.9 Å². The fourth-order valence-corrected chi connectivity index (χ4v) is 6.06. The van der Waals surface area contributed by atoms with Crippen LogP contribution in [0.15, 0.2) is 52.2 Å². The van der Waals surface area contributed by atoms with E-state index in [9.17, 15) is 24.1 Å². The summed E-state index contributed by atoms with van der Waals surface area (Å²) in [7, 11) is -4.03. The molecular weight excluding hydrogens is 539 g/mol. The summed E-state index contributed by atoms with van der Waals surface area (Å²) < 4.78 is 37.3. The van der Waals surface area contributed by atoms with Crippen LogP contribution in [0.25, 0.3) is 0 Å². The smallest absolute Gasteiger partial charge is 0.380 e. The molecule has 0 spiro atoms. The van der Waals surface area contributed by atoms with Gasteiger partial charge in [-0.2, -0.15) is 0 Å². The van der Waals surface area contributed by atoms with Crippen LogP contribution < -0.4 is 15.8 Å². The zero-order valence-electron chi connectivity index (χ0n) is 21.3. The number of nitrogens with one attached hydrogen (secondary N) is 1. The highest BCUT2D eigenvalue weighted by Gasteiger charge is 2.56. The summed E-state index contributed by atoms with van der Waals surface area (Å²) in [5, 5.41) is 11.0. The van der Waals surface area contributed by atoms with Crippen molar-refractivity contribution in [3.8, 4) is 17.6 Å². The number of carbonyl (C=O) groups excluding carboxylic acids is 1. The fourth-order valence-electron chi connectivity index (χ4n) is 3.80. The number of carbonyl (C=O) groups is 1. The van der Waals surface area contributed by atoms with Crippen molar-refractivity contribution < 1.29 is 33.0 Å². The van der Waals surface area contributed by atoms with Gasteiger partial charge in [0.2, 0.25) is 0 Å². The number of esters is 1. The van der Waals surface area contributed by atoms with Crippen LogP contribution in [0.5, 0.6) is 5.75 Å². The Bertz CT molecular complexity index is 1350. The first-order chi connectivity index (χ1) is 17.9. The second kappa shape index (κ2) is 12.3. The van der Waals surface area contributed by atoms with Crippen LogP contribution in [0.3, 0.4) is 0 Å². The minimum absolute atomic E-state index is 0.245. The maximum atomic E-state index is 13.8. The summed E-state index contributed by atoms with van der Waals surface area (Å²) in [6.45, 7) is 5.94. The number of hydrogen-bond acceptors (Lipinski definition) is 9. The van der Waals surface area contributed by atoms with Crippen LogP contribution >= 0.6 is 19.2 Å². The van der Waals surface area contributed by atoms with Crippen molar-refractivity contribution in [3.63, 3.8) is 0 Å². The fraction of sp³-hybridized carbons (Fsp3) is 0.480. The highest BCUT2D eigenvalue weighted by atomic mass is 35.5. The number of aliphatic hydroxyl groups excluding tert-OH is 1. The maximum absolute atomic E-state index is 13.8. The molecule has 0 aliphatic carbocycles. The molecule has 1 unspecified atom stereocenters. The number of ether oxygens (including phenoxy) is 2. The Morgan fingerprint density at radius 2 is 1.95 bits per heavy atom. The molecule has 0 amide bonds. The average molecular weight is 569 g/mol. The Morgan fingerprint density at radius 1 is 1.26 bits per heavy atom. The number of benzene rings is 1. The van der Waals surface area contributed by atoms with Gasteiger partial charge in [-0.05, 0) is 32.9 Å². The zero-order valence-corrected chi connectivity index (χ0v) is 23.0. The van der Waals surface area contributed by atoms with Crippen molar-refractivity contribution >= 4 is 25.2 Å². The third-order valence-corrected chi connectivity index (χ3v) is 8.07. The maximum Gasteiger partial charge on any atom is 0.380 e. The number of rotatable bonds is 10. The van der Waals surface area contributed by atoms with E-state index in [1.807, 2.05) is 0 Å². The molecular formula is C25H30ClN2O9P. The van der Waals surface area contributed by atoms with Crippen LogP contribution in [-0.4, -0.2) is 56.6 Å². The van der Waals surface area contributed by atoms with Gasteiger partial charge in [-0.1, -0.05) is 42.6 Å². The molecule has 1 saturated heterocycles. The van der Waals surface area contributed by atoms with E-state index < -0.39 is 60.6 Å². The molecule has 2 heterocycles. The van der Waals surface area contributed by atoms with E-state index in [0.29, 0.717) is 0 Å². The molecule has 2 aromatic rings. The van der Waals surface area contributed by atoms with Crippen molar-refractivity contribution in [2.75, 3.05) is 12.8 Å². The summed E-state index contributed by atoms with van der Waals surface area (Å²) in [5.74, 6) is 4.10. The first kappa shape index (κ1) is 29.7. The molecule has 1 fully saturated rings. The van der Waals surface area contributed by atoms with Crippen molar-refractivity contribution in [1.29, 1.82) is 0 Å². The Morgan fingerprint density at radius 3 is 2.55 bits per heavy atom. The van der Waals surface area contributed by atoms with Crippen molar-refractivity contribution in [2.45, 2.75) is 57.1 Å². The van der Waals surface area contributed by atoms with Gasteiger partial charge in [0, 0.05) is 12.3 Å². The molecule has 1 aliphatic rings. The minimum atomic E-state index is -4.03. The standard InChI is InChI=1S/C25H30ClN2O9P/c1-5-12-25(26)21(30)19(36-23(25)28-13-11-20(29)27-24(28)32)14-34-38(33,37-18-9-7-6-8-10-18)15-17(4)22(31)35-16(2)3/h6-11,13,16-17,19,21,23,30H,14-15H2,1-4H3,(H,27,29,32)/t17-,19-,21+,23-,25?,38+/m1/s1. The molecule has 1 aromatic heterocycles. The number of para-hydroxylation sites is 1. The summed E-state index contributed by atoms with van der Waals surface area (Å²) >= 11 is 6.66. The number of halogens is 1. The molecule has 13 heteroatoms. The minimum Gasteiger partial charge on any atom is -0.463 e. The van der Waals surface area contributed by atoms with Gasteiger partial charge in [-0.25, -0.2) is 9.36 Å². The third-order valence-electron chi connectivity index (χ3n) is 5.54. The number of alkyl halides is 1. The number of aromatic amines is 1. The van der Waals surface area contributed by atoms with Crippen LogP contribution in [0, 0.1) is 17.8 Å². The number of nitrogens with zero attached hydrogens (tertiary/aromatic N) is 1. The van der Waals surface area contributed by atoms with Gasteiger partial charge < -0.3 is 19.1 Å². The lowest BCUT2D eigenvalue weighted by molar-refractivity contribution is -0.151. The summed E-state index contributed by atoms with van der Waals surface area (Å²) in [4.78, 5) is 36.6. The van der Waals surface area contributed by atoms with E-state index in [-0.39, 0.29) is 18.0 Å². The molecule has 0 bridgehead atoms. The number of aromatic nitrogens is 2. The molecule has 11 nitrogen and oxygen atoms in total. The molecule has 38 heavy (non-hydrogen) atoms. The first-order valence-electron chi connectivity index (χ1n) is 11.8. The molecule has 0 saturated carbocycles. The molecule has 6 atom stereocenters. The second-order valence-corrected chi connectivity index (χ2v) is 11.7. The lowest BCUT2D eigenvalue weighted by atomic mass is 9.99. The second-order valence-electron chi connectivity index (χ2n) is 9.01. The SMILES string of the molecule is CC#CC1(Cl)[C@@H](O)[C@@H](CO[P@@](=O)(C[C@@H](C)C(=O)OC(C)C)Oc2ccccc2)O[C@H]1n1ccc(=O)[nH]c1=O. The van der Waals surface area contributed by atoms with Crippen LogP contribution in [0.2, 0.25) is 0 Å². The topological polar surface area (TPSA) is 146 Å². The molecule has 0 radical (unpaired) electrons. The third kappa shape index (κ3) is 6.95. The predicted molar refractivity (Wildman–Crippen MR) is 139 cm³/mol. The van der Waals surface area contributed by atoms with Gasteiger partial charge in [-0.15, -0.1) is 5.92 Å². The largest absolute Gasteiger partial charge is 0.463 e. The van der Waals surface area contributed by atoms with Crippen LogP contribution in [0.4, 0.5) is 0 Å². The Hall–Kier alpha value is -2.87. The molecule has 3 rings (SSSR count). The lowest BCUT2D eigenvalue weighted by Crippen LogP contribution is -2.44. The average Bonchev–Trinajstić information content (AvgIpc) is 3.08. The number of aliphatic hydroxyl groups is 1. The highest BCUT2D eigenvalue weighted by Crippen LogP contribution is 2.51. The van der Waals surface area contributed by atoms with E-state index in [2.05, 4.69) is 16.8 Å². The summed E-state index contributed by atoms with van der Waals surface area (Å²) in [6, 6.07) is 9.35. The zero-order chi connectivity index (χ0) is 28.1. The van der Waals surface area contributed by atoms with Crippen molar-refractivity contribution in [3.05, 3.63) is 63.4 Å². The van der Waals surface area contributed by atoms with E-state index in [4.69, 9.17) is 30.1 Å². The number of H-pyrrole nitrogens is 1. The van der Waals surface area contributed by atoms with E-state index in [1.54, 1.807) is 44.2 Å². The highest BCUT2D eigenvalue weighted by molar-refractivity contribution is 7.54. The van der Waals surface area contributed by atoms with Gasteiger partial charge in [0.05, 0.1) is 24.8 Å².